The molecule has 2 N–H and O–H groups in total. The molecule has 0 saturated heterocycles. The van der Waals surface area contributed by atoms with Crippen molar-refractivity contribution >= 4 is 22.2 Å². The Balaban J connectivity index is 2.45. The molecule has 1 rings (SSSR count). The summed E-state index contributed by atoms with van der Waals surface area (Å²) in [5, 5.41) is 16.6. The van der Waals surface area contributed by atoms with Crippen LogP contribution in [0, 0.1) is 11.3 Å². The molecule has 0 radical (unpaired) electrons. The van der Waals surface area contributed by atoms with E-state index >= 15 is 0 Å². The monoisotopic (exact) mass is 221 g/mol. The third kappa shape index (κ3) is 3.54. The fraction of sp³-hybridized carbons (Fsp3) is 0.200. The highest BCUT2D eigenvalue weighted by Crippen LogP contribution is 2.21. The molecular weight excluding hydrogens is 210 g/mol. The van der Waals surface area contributed by atoms with Crippen LogP contribution < -0.4 is 10.6 Å². The molecule has 1 amide bonds. The van der Waals surface area contributed by atoms with Gasteiger partial charge in [-0.05, 0) is 11.4 Å². The number of anilines is 1. The van der Waals surface area contributed by atoms with Crippen LogP contribution in [-0.2, 0) is 4.79 Å². The van der Waals surface area contributed by atoms with E-state index in [0.29, 0.717) is 17.1 Å². The minimum absolute atomic E-state index is 0.157. The zero-order valence-electron chi connectivity index (χ0n) is 8.12. The van der Waals surface area contributed by atoms with Crippen LogP contribution in [0.4, 0.5) is 5.00 Å². The fourth-order valence-electron chi connectivity index (χ4n) is 0.953. The lowest BCUT2D eigenvalue weighted by Crippen LogP contribution is -2.27. The van der Waals surface area contributed by atoms with Crippen LogP contribution in [0.1, 0.15) is 5.56 Å². The summed E-state index contributed by atoms with van der Waals surface area (Å²) in [5.74, 6) is -0.157. The minimum Gasteiger partial charge on any atom is -0.315 e. The Hall–Kier alpha value is -1.64. The van der Waals surface area contributed by atoms with Gasteiger partial charge < -0.3 is 10.6 Å². The van der Waals surface area contributed by atoms with Crippen molar-refractivity contribution in [2.75, 3.05) is 18.4 Å². The Morgan fingerprint density at radius 2 is 2.53 bits per heavy atom. The summed E-state index contributed by atoms with van der Waals surface area (Å²) in [5.41, 5.74) is 0.497. The Morgan fingerprint density at radius 3 is 3.20 bits per heavy atom. The topological polar surface area (TPSA) is 64.9 Å². The molecule has 1 aromatic heterocycles. The maximum absolute atomic E-state index is 11.3. The standard InChI is InChI=1S/C10H11N3OS/c1-2-4-12-7-9(14)13-10-8(6-11)3-5-15-10/h2-3,5,12H,1,4,7H2,(H,13,14). The number of thiophene rings is 1. The summed E-state index contributed by atoms with van der Waals surface area (Å²) in [4.78, 5) is 11.3. The predicted octanol–water partition coefficient (Wildman–Crippen LogP) is 1.33. The summed E-state index contributed by atoms with van der Waals surface area (Å²) in [6, 6.07) is 3.69. The van der Waals surface area contributed by atoms with Gasteiger partial charge in [0.25, 0.3) is 0 Å². The van der Waals surface area contributed by atoms with E-state index in [-0.39, 0.29) is 12.5 Å². The van der Waals surface area contributed by atoms with E-state index in [1.165, 1.54) is 11.3 Å². The molecule has 1 heterocycles. The van der Waals surface area contributed by atoms with Gasteiger partial charge >= 0.3 is 0 Å². The molecule has 1 aromatic rings. The summed E-state index contributed by atoms with van der Waals surface area (Å²) in [6.45, 7) is 4.33. The van der Waals surface area contributed by atoms with Gasteiger partial charge in [-0.1, -0.05) is 6.08 Å². The molecule has 4 nitrogen and oxygen atoms in total. The maximum atomic E-state index is 11.3. The van der Waals surface area contributed by atoms with Crippen molar-refractivity contribution in [1.82, 2.24) is 5.32 Å². The minimum atomic E-state index is -0.157. The third-order valence-electron chi connectivity index (χ3n) is 1.61. The van der Waals surface area contributed by atoms with E-state index in [4.69, 9.17) is 5.26 Å². The lowest BCUT2D eigenvalue weighted by atomic mass is 10.3. The molecule has 0 atom stereocenters. The van der Waals surface area contributed by atoms with Crippen molar-refractivity contribution in [3.05, 3.63) is 29.7 Å². The molecule has 15 heavy (non-hydrogen) atoms. The second kappa shape index (κ2) is 5.96. The lowest BCUT2D eigenvalue weighted by Gasteiger charge is -2.03. The smallest absolute Gasteiger partial charge is 0.238 e. The summed E-state index contributed by atoms with van der Waals surface area (Å²) in [6.07, 6.45) is 1.68. The van der Waals surface area contributed by atoms with Crippen LogP contribution in [-0.4, -0.2) is 19.0 Å². The Morgan fingerprint density at radius 1 is 1.73 bits per heavy atom. The van der Waals surface area contributed by atoms with E-state index in [9.17, 15) is 4.79 Å². The van der Waals surface area contributed by atoms with Crippen molar-refractivity contribution in [2.45, 2.75) is 0 Å². The Bertz CT molecular complexity index is 392. The highest BCUT2D eigenvalue weighted by atomic mass is 32.1. The molecule has 0 aliphatic heterocycles. The van der Waals surface area contributed by atoms with E-state index in [0.717, 1.165) is 0 Å². The Labute approximate surface area is 92.2 Å². The number of nitrogens with one attached hydrogen (secondary N) is 2. The quantitative estimate of drug-likeness (QED) is 0.582. The normalized spacial score (nSPS) is 9.27. The second-order valence-corrected chi connectivity index (χ2v) is 3.66. The van der Waals surface area contributed by atoms with Crippen molar-refractivity contribution in [3.8, 4) is 6.07 Å². The van der Waals surface area contributed by atoms with Crippen molar-refractivity contribution < 1.29 is 4.79 Å². The largest absolute Gasteiger partial charge is 0.315 e. The molecule has 78 valence electrons. The fourth-order valence-corrected chi connectivity index (χ4v) is 1.71. The number of nitrogens with zero attached hydrogens (tertiary/aromatic N) is 1. The van der Waals surface area contributed by atoms with Gasteiger partial charge in [-0.2, -0.15) is 5.26 Å². The molecule has 0 bridgehead atoms. The molecule has 0 unspecified atom stereocenters. The zero-order valence-corrected chi connectivity index (χ0v) is 8.93. The average molecular weight is 221 g/mol. The van der Waals surface area contributed by atoms with E-state index in [1.54, 1.807) is 17.5 Å². The first-order chi connectivity index (χ1) is 7.27. The molecule has 5 heteroatoms. The SMILES string of the molecule is C=CCNCC(=O)Nc1sccc1C#N. The molecule has 0 aliphatic carbocycles. The van der Waals surface area contributed by atoms with Crippen LogP contribution in [0.5, 0.6) is 0 Å². The van der Waals surface area contributed by atoms with Gasteiger partial charge in [0.05, 0.1) is 12.1 Å². The Kier molecular flexibility index (Phi) is 4.54. The first-order valence-corrected chi connectivity index (χ1v) is 5.25. The highest BCUT2D eigenvalue weighted by molar-refractivity contribution is 7.14. The summed E-state index contributed by atoms with van der Waals surface area (Å²) in [7, 11) is 0. The van der Waals surface area contributed by atoms with Crippen molar-refractivity contribution in [3.63, 3.8) is 0 Å². The zero-order chi connectivity index (χ0) is 11.1. The highest BCUT2D eigenvalue weighted by Gasteiger charge is 2.06. The summed E-state index contributed by atoms with van der Waals surface area (Å²) < 4.78 is 0. The third-order valence-corrected chi connectivity index (χ3v) is 2.44. The number of nitriles is 1. The van der Waals surface area contributed by atoms with Gasteiger partial charge in [-0.3, -0.25) is 4.79 Å². The van der Waals surface area contributed by atoms with Gasteiger partial charge in [0.15, 0.2) is 0 Å². The molecule has 0 aliphatic rings. The van der Waals surface area contributed by atoms with Crippen molar-refractivity contribution in [2.24, 2.45) is 0 Å². The van der Waals surface area contributed by atoms with Gasteiger partial charge in [0.2, 0.25) is 5.91 Å². The average Bonchev–Trinajstić information content (AvgIpc) is 2.65. The first kappa shape index (κ1) is 11.4. The van der Waals surface area contributed by atoms with Gasteiger partial charge in [0.1, 0.15) is 11.1 Å². The predicted molar refractivity (Wildman–Crippen MR) is 60.7 cm³/mol. The summed E-state index contributed by atoms with van der Waals surface area (Å²) >= 11 is 1.34. The molecule has 0 saturated carbocycles. The number of amides is 1. The molecular formula is C10H11N3OS. The maximum Gasteiger partial charge on any atom is 0.238 e. The first-order valence-electron chi connectivity index (χ1n) is 4.37. The second-order valence-electron chi connectivity index (χ2n) is 2.74. The number of rotatable bonds is 5. The molecule has 0 spiro atoms. The van der Waals surface area contributed by atoms with Crippen LogP contribution in [0.2, 0.25) is 0 Å². The van der Waals surface area contributed by atoms with Crippen LogP contribution in [0.25, 0.3) is 0 Å². The number of carbonyl (C=O) groups is 1. The van der Waals surface area contributed by atoms with Gasteiger partial charge in [0, 0.05) is 6.54 Å². The van der Waals surface area contributed by atoms with Crippen LogP contribution in [0.15, 0.2) is 24.1 Å². The number of hydrogen-bond donors (Lipinski definition) is 2. The van der Waals surface area contributed by atoms with Crippen LogP contribution in [0.3, 0.4) is 0 Å². The van der Waals surface area contributed by atoms with Crippen molar-refractivity contribution in [1.29, 1.82) is 5.26 Å². The van der Waals surface area contributed by atoms with E-state index in [2.05, 4.69) is 17.2 Å². The lowest BCUT2D eigenvalue weighted by molar-refractivity contribution is -0.115. The van der Waals surface area contributed by atoms with E-state index in [1.807, 2.05) is 6.07 Å². The molecule has 0 fully saturated rings. The van der Waals surface area contributed by atoms with Crippen LogP contribution >= 0.6 is 11.3 Å². The van der Waals surface area contributed by atoms with Gasteiger partial charge in [-0.25, -0.2) is 0 Å². The van der Waals surface area contributed by atoms with E-state index < -0.39 is 0 Å². The number of hydrogen-bond acceptors (Lipinski definition) is 4. The number of carbonyl (C=O) groups excluding carboxylic acids is 1. The van der Waals surface area contributed by atoms with Gasteiger partial charge in [-0.15, -0.1) is 17.9 Å². The molecule has 0 aromatic carbocycles.